The SMILES string of the molecule is Cc1nnc(N2CCN(C(=O)/C=C/c3ccc(OCc4ccccc4Cl)cc3)CC2)s1. The van der Waals surface area contributed by atoms with Gasteiger partial charge in [-0.2, -0.15) is 0 Å². The molecule has 2 heterocycles. The lowest BCUT2D eigenvalue weighted by Crippen LogP contribution is -2.48. The molecule has 2 aromatic carbocycles. The fourth-order valence-corrected chi connectivity index (χ4v) is 4.19. The quantitative estimate of drug-likeness (QED) is 0.515. The van der Waals surface area contributed by atoms with E-state index in [0.29, 0.717) is 24.7 Å². The van der Waals surface area contributed by atoms with Crippen molar-refractivity contribution >= 4 is 40.1 Å². The molecule has 0 radical (unpaired) electrons. The van der Waals surface area contributed by atoms with Gasteiger partial charge < -0.3 is 14.5 Å². The Morgan fingerprint density at radius 1 is 1.10 bits per heavy atom. The maximum atomic E-state index is 12.5. The Kier molecular flexibility index (Phi) is 6.84. The number of hydrogen-bond acceptors (Lipinski definition) is 6. The fourth-order valence-electron chi connectivity index (χ4n) is 3.26. The van der Waals surface area contributed by atoms with Crippen molar-refractivity contribution in [1.29, 1.82) is 0 Å². The van der Waals surface area contributed by atoms with Crippen LogP contribution in [0, 0.1) is 6.92 Å². The van der Waals surface area contributed by atoms with Crippen molar-refractivity contribution in [2.24, 2.45) is 0 Å². The lowest BCUT2D eigenvalue weighted by Gasteiger charge is -2.33. The molecule has 0 saturated carbocycles. The van der Waals surface area contributed by atoms with Crippen LogP contribution >= 0.6 is 22.9 Å². The van der Waals surface area contributed by atoms with Gasteiger partial charge in [0.25, 0.3) is 0 Å². The minimum Gasteiger partial charge on any atom is -0.489 e. The number of hydrogen-bond donors (Lipinski definition) is 0. The van der Waals surface area contributed by atoms with Gasteiger partial charge in [0, 0.05) is 42.8 Å². The first-order chi connectivity index (χ1) is 15.1. The van der Waals surface area contributed by atoms with Crippen LogP contribution in [0.2, 0.25) is 5.02 Å². The Labute approximate surface area is 190 Å². The second kappa shape index (κ2) is 9.94. The molecule has 0 unspecified atom stereocenters. The Hall–Kier alpha value is -2.90. The van der Waals surface area contributed by atoms with E-state index in [1.54, 1.807) is 17.4 Å². The van der Waals surface area contributed by atoms with Crippen LogP contribution < -0.4 is 9.64 Å². The van der Waals surface area contributed by atoms with E-state index in [-0.39, 0.29) is 5.91 Å². The van der Waals surface area contributed by atoms with Gasteiger partial charge in [0.15, 0.2) is 0 Å². The molecule has 8 heteroatoms. The molecule has 0 bridgehead atoms. The van der Waals surface area contributed by atoms with E-state index < -0.39 is 0 Å². The molecule has 1 aromatic heterocycles. The zero-order valence-corrected chi connectivity index (χ0v) is 18.8. The first-order valence-corrected chi connectivity index (χ1v) is 11.3. The topological polar surface area (TPSA) is 58.6 Å². The highest BCUT2D eigenvalue weighted by molar-refractivity contribution is 7.15. The number of halogens is 1. The van der Waals surface area contributed by atoms with Crippen molar-refractivity contribution in [3.8, 4) is 5.75 Å². The summed E-state index contributed by atoms with van der Waals surface area (Å²) in [6, 6.07) is 15.3. The second-order valence-electron chi connectivity index (χ2n) is 7.20. The molecule has 6 nitrogen and oxygen atoms in total. The maximum absolute atomic E-state index is 12.5. The van der Waals surface area contributed by atoms with E-state index >= 15 is 0 Å². The van der Waals surface area contributed by atoms with Crippen molar-refractivity contribution in [1.82, 2.24) is 15.1 Å². The predicted molar refractivity (Wildman–Crippen MR) is 125 cm³/mol. The van der Waals surface area contributed by atoms with E-state index in [1.165, 1.54) is 0 Å². The van der Waals surface area contributed by atoms with Gasteiger partial charge in [-0.1, -0.05) is 53.3 Å². The third-order valence-electron chi connectivity index (χ3n) is 5.03. The average Bonchev–Trinajstić information content (AvgIpc) is 3.24. The number of nitrogens with zero attached hydrogens (tertiary/aromatic N) is 4. The lowest BCUT2D eigenvalue weighted by molar-refractivity contribution is -0.126. The number of aryl methyl sites for hydroxylation is 1. The summed E-state index contributed by atoms with van der Waals surface area (Å²) in [5, 5.41) is 10.8. The molecular weight excluding hydrogens is 432 g/mol. The lowest BCUT2D eigenvalue weighted by atomic mass is 10.2. The summed E-state index contributed by atoms with van der Waals surface area (Å²) in [5.41, 5.74) is 1.89. The molecule has 1 aliphatic rings. The van der Waals surface area contributed by atoms with E-state index in [1.807, 2.05) is 66.4 Å². The highest BCUT2D eigenvalue weighted by Gasteiger charge is 2.21. The van der Waals surface area contributed by atoms with Gasteiger partial charge in [0.05, 0.1) is 0 Å². The zero-order chi connectivity index (χ0) is 21.6. The number of carbonyl (C=O) groups is 1. The second-order valence-corrected chi connectivity index (χ2v) is 8.77. The minimum atomic E-state index is 0.0205. The normalized spacial score (nSPS) is 14.3. The molecule has 1 fully saturated rings. The molecule has 1 saturated heterocycles. The number of piperazine rings is 1. The van der Waals surface area contributed by atoms with Crippen LogP contribution in [0.3, 0.4) is 0 Å². The summed E-state index contributed by atoms with van der Waals surface area (Å²) in [6.45, 7) is 5.25. The smallest absolute Gasteiger partial charge is 0.246 e. The van der Waals surface area contributed by atoms with E-state index in [2.05, 4.69) is 15.1 Å². The van der Waals surface area contributed by atoms with Gasteiger partial charge in [-0.25, -0.2) is 0 Å². The number of amides is 1. The van der Waals surface area contributed by atoms with Crippen molar-refractivity contribution in [3.05, 3.63) is 75.8 Å². The molecule has 1 amide bonds. The minimum absolute atomic E-state index is 0.0205. The zero-order valence-electron chi connectivity index (χ0n) is 17.2. The number of anilines is 1. The van der Waals surface area contributed by atoms with Gasteiger partial charge in [-0.3, -0.25) is 4.79 Å². The molecule has 3 aromatic rings. The summed E-state index contributed by atoms with van der Waals surface area (Å²) >= 11 is 7.74. The number of aromatic nitrogens is 2. The summed E-state index contributed by atoms with van der Waals surface area (Å²) < 4.78 is 5.80. The largest absolute Gasteiger partial charge is 0.489 e. The summed E-state index contributed by atoms with van der Waals surface area (Å²) in [5.74, 6) is 0.776. The molecule has 160 valence electrons. The molecular formula is C23H23ClN4O2S. The third kappa shape index (κ3) is 5.62. The van der Waals surface area contributed by atoms with Crippen LogP contribution in [0.25, 0.3) is 6.08 Å². The summed E-state index contributed by atoms with van der Waals surface area (Å²) in [4.78, 5) is 16.6. The van der Waals surface area contributed by atoms with E-state index in [0.717, 1.165) is 40.1 Å². The molecule has 0 spiro atoms. The third-order valence-corrected chi connectivity index (χ3v) is 6.30. The predicted octanol–water partition coefficient (Wildman–Crippen LogP) is 4.44. The molecule has 0 atom stereocenters. The monoisotopic (exact) mass is 454 g/mol. The van der Waals surface area contributed by atoms with Crippen LogP contribution in [0.5, 0.6) is 5.75 Å². The Bertz CT molecular complexity index is 1060. The average molecular weight is 455 g/mol. The van der Waals surface area contributed by atoms with Crippen molar-refractivity contribution < 1.29 is 9.53 Å². The van der Waals surface area contributed by atoms with Crippen LogP contribution in [0.15, 0.2) is 54.6 Å². The molecule has 31 heavy (non-hydrogen) atoms. The van der Waals surface area contributed by atoms with Gasteiger partial charge in [0.2, 0.25) is 11.0 Å². The number of benzene rings is 2. The van der Waals surface area contributed by atoms with Crippen LogP contribution in [-0.2, 0) is 11.4 Å². The molecule has 1 aliphatic heterocycles. The molecule has 4 rings (SSSR count). The standard InChI is InChI=1S/C23H23ClN4O2S/c1-17-25-26-23(31-17)28-14-12-27(13-15-28)22(29)11-8-18-6-9-20(10-7-18)30-16-19-4-2-3-5-21(19)24/h2-11H,12-16H2,1H3/b11-8+. The number of ether oxygens (including phenoxy) is 1. The van der Waals surface area contributed by atoms with Gasteiger partial charge in [0.1, 0.15) is 17.4 Å². The van der Waals surface area contributed by atoms with E-state index in [9.17, 15) is 4.79 Å². The van der Waals surface area contributed by atoms with Crippen molar-refractivity contribution in [2.75, 3.05) is 31.1 Å². The highest BCUT2D eigenvalue weighted by atomic mass is 35.5. The van der Waals surface area contributed by atoms with Crippen LogP contribution in [0.4, 0.5) is 5.13 Å². The Balaban J connectivity index is 1.26. The Morgan fingerprint density at radius 2 is 1.84 bits per heavy atom. The number of carbonyl (C=O) groups excluding carboxylic acids is 1. The first-order valence-electron chi connectivity index (χ1n) is 10.1. The molecule has 0 N–H and O–H groups in total. The molecule has 0 aliphatic carbocycles. The van der Waals surface area contributed by atoms with Gasteiger partial charge in [-0.05, 0) is 36.8 Å². The Morgan fingerprint density at radius 3 is 2.52 bits per heavy atom. The van der Waals surface area contributed by atoms with Crippen LogP contribution in [-0.4, -0.2) is 47.2 Å². The highest BCUT2D eigenvalue weighted by Crippen LogP contribution is 2.21. The van der Waals surface area contributed by atoms with E-state index in [4.69, 9.17) is 16.3 Å². The van der Waals surface area contributed by atoms with Crippen LogP contribution in [0.1, 0.15) is 16.1 Å². The van der Waals surface area contributed by atoms with Gasteiger partial charge in [-0.15, -0.1) is 10.2 Å². The van der Waals surface area contributed by atoms with Crippen molar-refractivity contribution in [3.63, 3.8) is 0 Å². The maximum Gasteiger partial charge on any atom is 0.246 e. The number of rotatable bonds is 6. The van der Waals surface area contributed by atoms with Gasteiger partial charge >= 0.3 is 0 Å². The fraction of sp³-hybridized carbons (Fsp3) is 0.261. The summed E-state index contributed by atoms with van der Waals surface area (Å²) in [6.07, 6.45) is 3.46. The first kappa shape index (κ1) is 21.3. The van der Waals surface area contributed by atoms with Crippen molar-refractivity contribution in [2.45, 2.75) is 13.5 Å². The summed E-state index contributed by atoms with van der Waals surface area (Å²) in [7, 11) is 0.